The summed E-state index contributed by atoms with van der Waals surface area (Å²) in [6, 6.07) is 0.252. The molecule has 1 heterocycles. The molecule has 1 saturated carbocycles. The van der Waals surface area contributed by atoms with E-state index in [9.17, 15) is 9.59 Å². The highest BCUT2D eigenvalue weighted by Crippen LogP contribution is 2.36. The van der Waals surface area contributed by atoms with Crippen molar-refractivity contribution in [2.24, 2.45) is 0 Å². The van der Waals surface area contributed by atoms with Gasteiger partial charge in [-0.3, -0.25) is 9.36 Å². The first-order valence-electron chi connectivity index (χ1n) is 5.85. The first-order chi connectivity index (χ1) is 8.63. The molecule has 1 aromatic rings. The van der Waals surface area contributed by atoms with Crippen LogP contribution >= 0.6 is 11.8 Å². The topological polar surface area (TPSA) is 79.8 Å². The number of hydrogen-bond donors (Lipinski definition) is 2. The number of aromatic amines is 1. The zero-order valence-electron chi connectivity index (χ0n) is 10.2. The van der Waals surface area contributed by atoms with E-state index in [2.05, 4.69) is 22.1 Å². The number of nitrogens with zero attached hydrogens (tertiary/aromatic N) is 2. The van der Waals surface area contributed by atoms with Crippen molar-refractivity contribution in [1.82, 2.24) is 20.1 Å². The fourth-order valence-corrected chi connectivity index (χ4v) is 2.51. The van der Waals surface area contributed by atoms with Crippen LogP contribution in [0.2, 0.25) is 0 Å². The van der Waals surface area contributed by atoms with Crippen LogP contribution in [0.25, 0.3) is 0 Å². The Hall–Kier alpha value is -1.50. The van der Waals surface area contributed by atoms with Gasteiger partial charge in [0.15, 0.2) is 5.16 Å². The molecular weight excluding hydrogens is 252 g/mol. The van der Waals surface area contributed by atoms with Gasteiger partial charge in [0.2, 0.25) is 5.91 Å². The maximum atomic E-state index is 11.7. The molecule has 1 atom stereocenters. The summed E-state index contributed by atoms with van der Waals surface area (Å²) >= 11 is 1.29. The Labute approximate surface area is 109 Å². The zero-order valence-corrected chi connectivity index (χ0v) is 11.0. The first-order valence-corrected chi connectivity index (χ1v) is 6.73. The van der Waals surface area contributed by atoms with Gasteiger partial charge in [-0.1, -0.05) is 17.8 Å². The van der Waals surface area contributed by atoms with Crippen LogP contribution < -0.4 is 11.0 Å². The third-order valence-corrected chi connectivity index (χ3v) is 3.72. The summed E-state index contributed by atoms with van der Waals surface area (Å²) in [5.41, 5.74) is -0.196. The van der Waals surface area contributed by atoms with E-state index in [-0.39, 0.29) is 22.9 Å². The standard InChI is InChI=1S/C11H16N4O2S/c1-3-6-12-9(16)7(2)18-11-14-13-10(17)15(11)8-4-5-8/h3,7-8H,1,4-6H2,2H3,(H,12,16)(H,13,17)/t7-/m1/s1. The molecule has 0 saturated heterocycles. The van der Waals surface area contributed by atoms with Crippen molar-refractivity contribution in [3.8, 4) is 0 Å². The van der Waals surface area contributed by atoms with Gasteiger partial charge in [-0.15, -0.1) is 11.7 Å². The minimum Gasteiger partial charge on any atom is -0.352 e. The van der Waals surface area contributed by atoms with Crippen molar-refractivity contribution >= 4 is 17.7 Å². The normalized spacial score (nSPS) is 16.3. The quantitative estimate of drug-likeness (QED) is 0.587. The van der Waals surface area contributed by atoms with Gasteiger partial charge in [0.25, 0.3) is 0 Å². The summed E-state index contributed by atoms with van der Waals surface area (Å²) in [6.07, 6.45) is 3.64. The van der Waals surface area contributed by atoms with Gasteiger partial charge in [-0.05, 0) is 19.8 Å². The van der Waals surface area contributed by atoms with Gasteiger partial charge in [0.1, 0.15) is 0 Å². The van der Waals surface area contributed by atoms with E-state index in [1.54, 1.807) is 17.6 Å². The van der Waals surface area contributed by atoms with E-state index in [1.807, 2.05) is 0 Å². The summed E-state index contributed by atoms with van der Waals surface area (Å²) in [6.45, 7) is 5.78. The second-order valence-electron chi connectivity index (χ2n) is 4.21. The highest BCUT2D eigenvalue weighted by Gasteiger charge is 2.29. The molecule has 2 rings (SSSR count). The molecular formula is C11H16N4O2S. The Balaban J connectivity index is 2.02. The van der Waals surface area contributed by atoms with Crippen LogP contribution in [-0.2, 0) is 4.79 Å². The predicted molar refractivity (Wildman–Crippen MR) is 69.6 cm³/mol. The predicted octanol–water partition coefficient (Wildman–Crippen LogP) is 0.689. The highest BCUT2D eigenvalue weighted by atomic mass is 32.2. The number of carbonyl (C=O) groups excluding carboxylic acids is 1. The van der Waals surface area contributed by atoms with Gasteiger partial charge in [0, 0.05) is 12.6 Å². The lowest BCUT2D eigenvalue weighted by Crippen LogP contribution is -2.31. The molecule has 1 fully saturated rings. The molecule has 1 aliphatic rings. The summed E-state index contributed by atoms with van der Waals surface area (Å²) in [5.74, 6) is -0.0855. The van der Waals surface area contributed by atoms with E-state index in [0.717, 1.165) is 12.8 Å². The summed E-state index contributed by atoms with van der Waals surface area (Å²) in [5, 5.41) is 9.42. The van der Waals surface area contributed by atoms with E-state index < -0.39 is 0 Å². The lowest BCUT2D eigenvalue weighted by atomic mass is 10.4. The summed E-state index contributed by atoms with van der Waals surface area (Å²) in [7, 11) is 0. The molecule has 1 aliphatic carbocycles. The number of hydrogen-bond acceptors (Lipinski definition) is 4. The van der Waals surface area contributed by atoms with Gasteiger partial charge < -0.3 is 5.32 Å². The van der Waals surface area contributed by atoms with Crippen LogP contribution in [0.15, 0.2) is 22.6 Å². The Morgan fingerprint density at radius 2 is 2.50 bits per heavy atom. The number of carbonyl (C=O) groups is 1. The molecule has 0 radical (unpaired) electrons. The molecule has 2 N–H and O–H groups in total. The van der Waals surface area contributed by atoms with E-state index >= 15 is 0 Å². The molecule has 1 amide bonds. The van der Waals surface area contributed by atoms with Crippen molar-refractivity contribution < 1.29 is 4.79 Å². The Morgan fingerprint density at radius 1 is 1.78 bits per heavy atom. The fourth-order valence-electron chi connectivity index (χ4n) is 1.56. The molecule has 0 aliphatic heterocycles. The molecule has 18 heavy (non-hydrogen) atoms. The van der Waals surface area contributed by atoms with Gasteiger partial charge in [-0.25, -0.2) is 9.89 Å². The van der Waals surface area contributed by atoms with E-state index in [1.165, 1.54) is 11.8 Å². The van der Waals surface area contributed by atoms with Crippen molar-refractivity contribution in [2.75, 3.05) is 6.54 Å². The molecule has 0 spiro atoms. The van der Waals surface area contributed by atoms with Gasteiger partial charge >= 0.3 is 5.69 Å². The number of aromatic nitrogens is 3. The van der Waals surface area contributed by atoms with Crippen molar-refractivity contribution in [3.63, 3.8) is 0 Å². The minimum absolute atomic E-state index is 0.0855. The maximum Gasteiger partial charge on any atom is 0.344 e. The number of H-pyrrole nitrogens is 1. The van der Waals surface area contributed by atoms with Crippen LogP contribution in [0, 0.1) is 0 Å². The minimum atomic E-state index is -0.294. The number of rotatable bonds is 6. The molecule has 0 unspecified atom stereocenters. The van der Waals surface area contributed by atoms with E-state index in [4.69, 9.17) is 0 Å². The molecule has 98 valence electrons. The van der Waals surface area contributed by atoms with Crippen molar-refractivity contribution in [2.45, 2.75) is 36.2 Å². The molecule has 1 aromatic heterocycles. The Kier molecular flexibility index (Phi) is 3.90. The Bertz CT molecular complexity index is 503. The van der Waals surface area contributed by atoms with Crippen LogP contribution in [0.3, 0.4) is 0 Å². The van der Waals surface area contributed by atoms with Crippen LogP contribution in [0.4, 0.5) is 0 Å². The zero-order chi connectivity index (χ0) is 13.1. The van der Waals surface area contributed by atoms with Crippen molar-refractivity contribution in [1.29, 1.82) is 0 Å². The molecule has 0 aromatic carbocycles. The smallest absolute Gasteiger partial charge is 0.344 e. The summed E-state index contributed by atoms with van der Waals surface area (Å²) < 4.78 is 1.64. The third kappa shape index (κ3) is 2.84. The second-order valence-corrected chi connectivity index (χ2v) is 5.51. The van der Waals surface area contributed by atoms with Crippen LogP contribution in [0.1, 0.15) is 25.8 Å². The first kappa shape index (κ1) is 12.9. The Morgan fingerprint density at radius 3 is 3.11 bits per heavy atom. The largest absolute Gasteiger partial charge is 0.352 e. The van der Waals surface area contributed by atoms with Gasteiger partial charge in [-0.2, -0.15) is 0 Å². The average molecular weight is 268 g/mol. The van der Waals surface area contributed by atoms with Crippen LogP contribution in [0.5, 0.6) is 0 Å². The molecule has 0 bridgehead atoms. The number of nitrogens with one attached hydrogen (secondary N) is 2. The third-order valence-electron chi connectivity index (χ3n) is 2.66. The molecule has 7 heteroatoms. The number of thioether (sulfide) groups is 1. The summed E-state index contributed by atoms with van der Waals surface area (Å²) in [4.78, 5) is 23.3. The number of amides is 1. The average Bonchev–Trinajstić information content (AvgIpc) is 3.12. The van der Waals surface area contributed by atoms with Crippen molar-refractivity contribution in [3.05, 3.63) is 23.1 Å². The monoisotopic (exact) mass is 268 g/mol. The fraction of sp³-hybridized carbons (Fsp3) is 0.545. The maximum absolute atomic E-state index is 11.7. The van der Waals surface area contributed by atoms with E-state index in [0.29, 0.717) is 11.7 Å². The highest BCUT2D eigenvalue weighted by molar-refractivity contribution is 8.00. The van der Waals surface area contributed by atoms with Gasteiger partial charge in [0.05, 0.1) is 5.25 Å². The lowest BCUT2D eigenvalue weighted by molar-refractivity contribution is -0.120. The lowest BCUT2D eigenvalue weighted by Gasteiger charge is -2.10. The van der Waals surface area contributed by atoms with Crippen LogP contribution in [-0.4, -0.2) is 32.5 Å². The molecule has 6 nitrogen and oxygen atoms in total. The SMILES string of the molecule is C=CCNC(=O)[C@@H](C)Sc1n[nH]c(=O)n1C1CC1. The second kappa shape index (κ2) is 5.43.